The summed E-state index contributed by atoms with van der Waals surface area (Å²) < 4.78 is 35.1. The molecule has 16 heavy (non-hydrogen) atoms. The largest absolute Gasteiger partial charge is 0.481 e. The topological polar surface area (TPSA) is 92.4 Å². The molecule has 1 unspecified atom stereocenters. The number of carboxylic acids is 1. The van der Waals surface area contributed by atoms with Gasteiger partial charge in [-0.2, -0.15) is 13.2 Å². The van der Waals surface area contributed by atoms with Gasteiger partial charge in [0, 0.05) is 13.0 Å². The number of carboxylic acid groups (broad SMARTS) is 1. The summed E-state index contributed by atoms with van der Waals surface area (Å²) in [6.45, 7) is -0.552. The lowest BCUT2D eigenvalue weighted by Gasteiger charge is -2.12. The predicted octanol–water partition coefficient (Wildman–Crippen LogP) is 0.247. The van der Waals surface area contributed by atoms with Crippen LogP contribution in [0.5, 0.6) is 0 Å². The Kier molecular flexibility index (Phi) is 5.79. The zero-order valence-corrected chi connectivity index (χ0v) is 8.38. The van der Waals surface area contributed by atoms with Crippen LogP contribution in [0.4, 0.5) is 13.2 Å². The molecule has 1 amide bonds. The molecule has 0 bridgehead atoms. The molecule has 0 aromatic carbocycles. The third-order valence-corrected chi connectivity index (χ3v) is 1.71. The maximum atomic E-state index is 11.7. The molecule has 5 nitrogen and oxygen atoms in total. The van der Waals surface area contributed by atoms with Crippen molar-refractivity contribution in [2.75, 3.05) is 6.54 Å². The molecule has 0 heterocycles. The van der Waals surface area contributed by atoms with E-state index >= 15 is 0 Å². The maximum absolute atomic E-state index is 11.7. The van der Waals surface area contributed by atoms with Gasteiger partial charge in [-0.05, 0) is 6.42 Å². The molecule has 0 saturated carbocycles. The molecule has 0 fully saturated rings. The van der Waals surface area contributed by atoms with Crippen molar-refractivity contribution in [2.24, 2.45) is 5.73 Å². The van der Waals surface area contributed by atoms with Crippen LogP contribution in [0.1, 0.15) is 19.3 Å². The Balaban J connectivity index is 3.75. The normalized spacial score (nSPS) is 13.2. The van der Waals surface area contributed by atoms with E-state index in [-0.39, 0.29) is 12.8 Å². The third kappa shape index (κ3) is 8.04. The van der Waals surface area contributed by atoms with Crippen molar-refractivity contribution >= 4 is 11.9 Å². The number of alkyl halides is 3. The van der Waals surface area contributed by atoms with Crippen molar-refractivity contribution < 1.29 is 27.9 Å². The van der Waals surface area contributed by atoms with E-state index in [0.29, 0.717) is 0 Å². The monoisotopic (exact) mass is 242 g/mol. The van der Waals surface area contributed by atoms with Gasteiger partial charge in [0.2, 0.25) is 5.91 Å². The fraction of sp³-hybridized carbons (Fsp3) is 0.750. The van der Waals surface area contributed by atoms with E-state index in [1.54, 1.807) is 0 Å². The van der Waals surface area contributed by atoms with Crippen molar-refractivity contribution in [3.8, 4) is 0 Å². The maximum Gasteiger partial charge on any atom is 0.390 e. The average Bonchev–Trinajstić information content (AvgIpc) is 2.11. The molecule has 8 heteroatoms. The standard InChI is InChI=1S/C8H13F3N2O3/c9-8(10,11)3-4-13-7(16)5(12)1-2-6(14)15/h5H,1-4,12H2,(H,13,16)(H,14,15). The van der Waals surface area contributed by atoms with Gasteiger partial charge in [0.25, 0.3) is 0 Å². The summed E-state index contributed by atoms with van der Waals surface area (Å²) in [4.78, 5) is 21.2. The molecule has 0 rings (SSSR count). The van der Waals surface area contributed by atoms with Crippen LogP contribution in [0.25, 0.3) is 0 Å². The van der Waals surface area contributed by atoms with E-state index in [0.717, 1.165) is 0 Å². The molecule has 1 atom stereocenters. The fourth-order valence-corrected chi connectivity index (χ4v) is 0.869. The quantitative estimate of drug-likeness (QED) is 0.622. The summed E-state index contributed by atoms with van der Waals surface area (Å²) in [5.74, 6) is -1.89. The third-order valence-electron chi connectivity index (χ3n) is 1.71. The Morgan fingerprint density at radius 3 is 2.38 bits per heavy atom. The Morgan fingerprint density at radius 2 is 1.94 bits per heavy atom. The lowest BCUT2D eigenvalue weighted by atomic mass is 10.1. The lowest BCUT2D eigenvalue weighted by molar-refractivity contribution is -0.137. The van der Waals surface area contributed by atoms with Crippen LogP contribution < -0.4 is 11.1 Å². The van der Waals surface area contributed by atoms with Crippen molar-refractivity contribution in [3.05, 3.63) is 0 Å². The number of halogens is 3. The first kappa shape index (κ1) is 14.7. The van der Waals surface area contributed by atoms with Gasteiger partial charge >= 0.3 is 12.1 Å². The van der Waals surface area contributed by atoms with Gasteiger partial charge in [0.05, 0.1) is 12.5 Å². The molecule has 0 aliphatic heterocycles. The minimum Gasteiger partial charge on any atom is -0.481 e. The van der Waals surface area contributed by atoms with Crippen LogP contribution in [0.15, 0.2) is 0 Å². The Bertz CT molecular complexity index is 255. The molecular weight excluding hydrogens is 229 g/mol. The van der Waals surface area contributed by atoms with Crippen molar-refractivity contribution in [2.45, 2.75) is 31.5 Å². The van der Waals surface area contributed by atoms with E-state index in [4.69, 9.17) is 10.8 Å². The van der Waals surface area contributed by atoms with E-state index < -0.39 is 37.1 Å². The number of hydrogen-bond donors (Lipinski definition) is 3. The first-order valence-corrected chi connectivity index (χ1v) is 4.54. The summed E-state index contributed by atoms with van der Waals surface area (Å²) in [5.41, 5.74) is 5.26. The second-order valence-corrected chi connectivity index (χ2v) is 3.20. The number of carbonyl (C=O) groups is 2. The number of amides is 1. The SMILES string of the molecule is NC(CCC(=O)O)C(=O)NCCC(F)(F)F. The van der Waals surface area contributed by atoms with Gasteiger partial charge in [-0.25, -0.2) is 0 Å². The second kappa shape index (κ2) is 6.31. The summed E-state index contributed by atoms with van der Waals surface area (Å²) in [6, 6.07) is -1.09. The van der Waals surface area contributed by atoms with Gasteiger partial charge in [-0.1, -0.05) is 0 Å². The molecule has 0 radical (unpaired) electrons. The smallest absolute Gasteiger partial charge is 0.390 e. The molecule has 0 aliphatic carbocycles. The summed E-state index contributed by atoms with van der Waals surface area (Å²) in [6.07, 6.45) is -5.87. The van der Waals surface area contributed by atoms with Gasteiger partial charge in [-0.3, -0.25) is 9.59 Å². The van der Waals surface area contributed by atoms with Crippen LogP contribution in [0.3, 0.4) is 0 Å². The molecule has 4 N–H and O–H groups in total. The van der Waals surface area contributed by atoms with Gasteiger partial charge in [0.15, 0.2) is 0 Å². The minimum absolute atomic E-state index is 0.104. The molecule has 0 aromatic rings. The molecule has 0 spiro atoms. The number of rotatable bonds is 6. The summed E-state index contributed by atoms with van der Waals surface area (Å²) in [5, 5.41) is 10.3. The number of nitrogens with two attached hydrogens (primary N) is 1. The highest BCUT2D eigenvalue weighted by Crippen LogP contribution is 2.18. The van der Waals surface area contributed by atoms with E-state index in [9.17, 15) is 22.8 Å². The highest BCUT2D eigenvalue weighted by Gasteiger charge is 2.27. The molecule has 0 saturated heterocycles. The summed E-state index contributed by atoms with van der Waals surface area (Å²) in [7, 11) is 0. The van der Waals surface area contributed by atoms with Crippen LogP contribution >= 0.6 is 0 Å². The lowest BCUT2D eigenvalue weighted by Crippen LogP contribution is -2.41. The van der Waals surface area contributed by atoms with Gasteiger partial charge < -0.3 is 16.2 Å². The van der Waals surface area contributed by atoms with Crippen LogP contribution in [0, 0.1) is 0 Å². The zero-order chi connectivity index (χ0) is 12.8. The zero-order valence-electron chi connectivity index (χ0n) is 8.38. The average molecular weight is 242 g/mol. The number of hydrogen-bond acceptors (Lipinski definition) is 3. The Morgan fingerprint density at radius 1 is 1.38 bits per heavy atom. The first-order chi connectivity index (χ1) is 7.22. The molecule has 94 valence electrons. The van der Waals surface area contributed by atoms with E-state index in [2.05, 4.69) is 0 Å². The van der Waals surface area contributed by atoms with Gasteiger partial charge in [0.1, 0.15) is 0 Å². The Hall–Kier alpha value is -1.31. The second-order valence-electron chi connectivity index (χ2n) is 3.20. The molecule has 0 aliphatic rings. The van der Waals surface area contributed by atoms with Crippen LogP contribution in [0.2, 0.25) is 0 Å². The molecule has 0 aromatic heterocycles. The predicted molar refractivity (Wildman–Crippen MR) is 48.5 cm³/mol. The van der Waals surface area contributed by atoms with E-state index in [1.165, 1.54) is 0 Å². The van der Waals surface area contributed by atoms with Crippen LogP contribution in [-0.4, -0.2) is 35.7 Å². The number of nitrogens with one attached hydrogen (secondary N) is 1. The van der Waals surface area contributed by atoms with Crippen LogP contribution in [-0.2, 0) is 9.59 Å². The van der Waals surface area contributed by atoms with Crippen molar-refractivity contribution in [1.82, 2.24) is 5.32 Å². The first-order valence-electron chi connectivity index (χ1n) is 4.54. The van der Waals surface area contributed by atoms with Crippen molar-refractivity contribution in [3.63, 3.8) is 0 Å². The number of aliphatic carboxylic acids is 1. The molecular formula is C8H13F3N2O3. The number of carbonyl (C=O) groups excluding carboxylic acids is 1. The van der Waals surface area contributed by atoms with E-state index in [1.807, 2.05) is 5.32 Å². The minimum atomic E-state index is -4.33. The Labute approximate surface area is 89.8 Å². The highest BCUT2D eigenvalue weighted by atomic mass is 19.4. The van der Waals surface area contributed by atoms with Gasteiger partial charge in [-0.15, -0.1) is 0 Å². The highest BCUT2D eigenvalue weighted by molar-refractivity contribution is 5.82. The van der Waals surface area contributed by atoms with Crippen molar-refractivity contribution in [1.29, 1.82) is 0 Å². The summed E-state index contributed by atoms with van der Waals surface area (Å²) >= 11 is 0. The fourth-order valence-electron chi connectivity index (χ4n) is 0.869.